The van der Waals surface area contributed by atoms with Gasteiger partial charge in [-0.25, -0.2) is 5.01 Å². The molecule has 0 fully saturated rings. The van der Waals surface area contributed by atoms with Crippen LogP contribution in [0, 0.1) is 0 Å². The van der Waals surface area contributed by atoms with Gasteiger partial charge in [-0.15, -0.1) is 0 Å². The maximum atomic E-state index is 16.0. The average Bonchev–Trinajstić information content (AvgIpc) is 3.91. The molecule has 352 valence electrons. The third-order valence-electron chi connectivity index (χ3n) is 14.7. The third-order valence-corrected chi connectivity index (χ3v) is 14.7. The molecule has 0 atom stereocenters. The van der Waals surface area contributed by atoms with Gasteiger partial charge in [0, 0.05) is 108 Å². The fourth-order valence-corrected chi connectivity index (χ4v) is 11.0. The number of ether oxygens (including phenoxy) is 1. The first kappa shape index (κ1) is 43.8. The zero-order valence-corrected chi connectivity index (χ0v) is 40.9. The van der Waals surface area contributed by atoms with Crippen LogP contribution < -0.4 is 30.2 Å². The maximum Gasteiger partial charge on any atom is 0.300 e. The summed E-state index contributed by atoms with van der Waals surface area (Å²) in [4.78, 5) is 27.5. The Morgan fingerprint density at radius 3 is 1.79 bits per heavy atom. The van der Waals surface area contributed by atoms with E-state index in [0.29, 0.717) is 28.7 Å². The number of oxazole rings is 1. The summed E-state index contributed by atoms with van der Waals surface area (Å²) in [5.74, 6) is 1.26. The van der Waals surface area contributed by atoms with Crippen molar-refractivity contribution in [1.29, 1.82) is 0 Å². The van der Waals surface area contributed by atoms with Gasteiger partial charge in [-0.3, -0.25) is 10.2 Å². The number of amides is 1. The van der Waals surface area contributed by atoms with E-state index in [1.807, 2.05) is 49.4 Å². The lowest BCUT2D eigenvalue weighted by Crippen LogP contribution is -2.50. The number of hydrogen-bond acceptors (Lipinski definition) is 9. The molecule has 0 saturated carbocycles. The first-order chi connectivity index (χ1) is 34.7. The van der Waals surface area contributed by atoms with Crippen molar-refractivity contribution in [1.82, 2.24) is 9.99 Å². The molecular formula is C61H55N7O3. The summed E-state index contributed by atoms with van der Waals surface area (Å²) in [5.41, 5.74) is 14.1. The van der Waals surface area contributed by atoms with E-state index < -0.39 is 5.54 Å². The lowest BCUT2D eigenvalue weighted by molar-refractivity contribution is 0.0725. The number of nitrogens with zero attached hydrogens (tertiary/aromatic N) is 5. The highest BCUT2D eigenvalue weighted by atomic mass is 16.5. The third kappa shape index (κ3) is 7.07. The highest BCUT2D eigenvalue weighted by Crippen LogP contribution is 2.59. The van der Waals surface area contributed by atoms with Crippen LogP contribution in [0.3, 0.4) is 0 Å². The largest absolute Gasteiger partial charge is 0.456 e. The van der Waals surface area contributed by atoms with E-state index in [4.69, 9.17) is 14.1 Å². The van der Waals surface area contributed by atoms with Crippen molar-refractivity contribution >= 4 is 83.8 Å². The summed E-state index contributed by atoms with van der Waals surface area (Å²) in [7, 11) is 4.09. The normalized spacial score (nSPS) is 13.4. The van der Waals surface area contributed by atoms with Crippen LogP contribution in [-0.2, 0) is 5.54 Å². The Labute approximate surface area is 413 Å². The number of fused-ring (bicyclic) bond motifs is 10. The minimum atomic E-state index is -1.15. The van der Waals surface area contributed by atoms with Gasteiger partial charge in [0.05, 0.1) is 5.69 Å². The molecule has 10 nitrogen and oxygen atoms in total. The van der Waals surface area contributed by atoms with E-state index >= 15 is 4.79 Å². The van der Waals surface area contributed by atoms with Crippen LogP contribution in [0.4, 0.5) is 34.5 Å². The van der Waals surface area contributed by atoms with Gasteiger partial charge in [0.25, 0.3) is 11.9 Å². The van der Waals surface area contributed by atoms with Gasteiger partial charge in [-0.2, -0.15) is 4.98 Å². The van der Waals surface area contributed by atoms with Crippen LogP contribution in [0.1, 0.15) is 54.7 Å². The molecule has 2 aliphatic heterocycles. The zero-order chi connectivity index (χ0) is 48.5. The number of hydrazine groups is 1. The molecular weight excluding hydrogens is 879 g/mol. The van der Waals surface area contributed by atoms with Crippen LogP contribution in [0.15, 0.2) is 168 Å². The second-order valence-electron chi connectivity index (χ2n) is 18.7. The van der Waals surface area contributed by atoms with Gasteiger partial charge in [0.15, 0.2) is 5.58 Å². The van der Waals surface area contributed by atoms with Gasteiger partial charge in [0.2, 0.25) is 0 Å². The number of aromatic nitrogens is 1. The van der Waals surface area contributed by atoms with Gasteiger partial charge >= 0.3 is 0 Å². The summed E-state index contributed by atoms with van der Waals surface area (Å²) in [5, 5.41) is 11.7. The van der Waals surface area contributed by atoms with Crippen LogP contribution >= 0.6 is 0 Å². The molecule has 2 N–H and O–H groups in total. The number of benzene rings is 9. The fourth-order valence-electron chi connectivity index (χ4n) is 11.0. The molecule has 2 aliphatic rings. The number of hydrogen-bond donors (Lipinski definition) is 2. The fraction of sp³-hybridized carbons (Fsp3) is 0.180. The van der Waals surface area contributed by atoms with E-state index in [0.717, 1.165) is 120 Å². The topological polar surface area (TPSA) is 89.4 Å². The Hall–Kier alpha value is -8.50. The summed E-state index contributed by atoms with van der Waals surface area (Å²) >= 11 is 0. The molecule has 10 aromatic rings. The number of rotatable bonds is 12. The van der Waals surface area contributed by atoms with Crippen LogP contribution in [-0.4, -0.2) is 56.2 Å². The number of nitrogens with one attached hydrogen (secondary N) is 2. The van der Waals surface area contributed by atoms with E-state index in [1.54, 1.807) is 0 Å². The Morgan fingerprint density at radius 1 is 0.563 bits per heavy atom. The predicted octanol–water partition coefficient (Wildman–Crippen LogP) is 14.3. The number of anilines is 6. The lowest BCUT2D eigenvalue weighted by Gasteiger charge is -2.45. The predicted molar refractivity (Wildman–Crippen MR) is 292 cm³/mol. The molecule has 1 spiro atoms. The Bertz CT molecular complexity index is 3620. The van der Waals surface area contributed by atoms with Crippen LogP contribution in [0.2, 0.25) is 0 Å². The van der Waals surface area contributed by atoms with Crippen molar-refractivity contribution in [3.8, 4) is 22.6 Å². The lowest BCUT2D eigenvalue weighted by atomic mass is 9.75. The van der Waals surface area contributed by atoms with E-state index in [9.17, 15) is 0 Å². The monoisotopic (exact) mass is 933 g/mol. The molecule has 1 amide bonds. The maximum absolute atomic E-state index is 16.0. The van der Waals surface area contributed by atoms with E-state index in [2.05, 4.69) is 187 Å². The molecule has 0 saturated heterocycles. The first-order valence-corrected chi connectivity index (χ1v) is 24.7. The quantitative estimate of drug-likeness (QED) is 0.116. The smallest absolute Gasteiger partial charge is 0.300 e. The van der Waals surface area contributed by atoms with Crippen LogP contribution in [0.25, 0.3) is 54.5 Å². The Kier molecular flexibility index (Phi) is 10.6. The molecule has 1 aromatic heterocycles. The van der Waals surface area contributed by atoms with Crippen molar-refractivity contribution in [2.45, 2.75) is 33.2 Å². The number of carbonyl (C=O) groups excluding carboxylic acids is 1. The molecule has 12 rings (SSSR count). The van der Waals surface area contributed by atoms with Gasteiger partial charge in [-0.1, -0.05) is 91.0 Å². The Balaban J connectivity index is 1.02. The molecule has 0 radical (unpaired) electrons. The summed E-state index contributed by atoms with van der Waals surface area (Å²) in [6.07, 6.45) is 0. The highest BCUT2D eigenvalue weighted by Gasteiger charge is 2.57. The second-order valence-corrected chi connectivity index (χ2v) is 18.7. The van der Waals surface area contributed by atoms with E-state index in [-0.39, 0.29) is 5.91 Å². The van der Waals surface area contributed by atoms with Crippen molar-refractivity contribution in [2.75, 3.05) is 65.7 Å². The van der Waals surface area contributed by atoms with Crippen molar-refractivity contribution in [3.63, 3.8) is 0 Å². The average molecular weight is 934 g/mol. The van der Waals surface area contributed by atoms with Crippen molar-refractivity contribution < 1.29 is 13.9 Å². The summed E-state index contributed by atoms with van der Waals surface area (Å²) in [6, 6.07) is 57.4. The zero-order valence-electron chi connectivity index (χ0n) is 40.9. The first-order valence-electron chi connectivity index (χ1n) is 24.7. The molecule has 71 heavy (non-hydrogen) atoms. The second kappa shape index (κ2) is 17.2. The number of carbonyl (C=O) groups is 1. The molecule has 10 heteroatoms. The highest BCUT2D eigenvalue weighted by molar-refractivity contribution is 6.13. The van der Waals surface area contributed by atoms with Gasteiger partial charge in [0.1, 0.15) is 22.6 Å². The molecule has 0 bridgehead atoms. The van der Waals surface area contributed by atoms with Crippen molar-refractivity contribution in [2.24, 2.45) is 0 Å². The van der Waals surface area contributed by atoms with Crippen LogP contribution in [0.5, 0.6) is 11.5 Å². The van der Waals surface area contributed by atoms with Gasteiger partial charge < -0.3 is 29.2 Å². The van der Waals surface area contributed by atoms with Gasteiger partial charge in [-0.05, 0) is 121 Å². The Morgan fingerprint density at radius 2 is 1.14 bits per heavy atom. The summed E-state index contributed by atoms with van der Waals surface area (Å²) < 4.78 is 13.5. The summed E-state index contributed by atoms with van der Waals surface area (Å²) in [6.45, 7) is 12.1. The minimum Gasteiger partial charge on any atom is -0.456 e. The molecule has 0 unspecified atom stereocenters. The molecule has 9 aromatic carbocycles. The SMILES string of the molecule is CCN(CC)c1ccc2c(c1)Oc1cc(N(CC)CC)ccc1C21c2ccc(-c3ccc4nc(Nc5ccc6cc(N(C)C)ccc6c5)oc4c3)cc2C(=O)N1Nc1c2ccccc2cc2ccccc12. The molecule has 0 aliphatic carbocycles. The molecule has 3 heterocycles. The van der Waals surface area contributed by atoms with Crippen molar-refractivity contribution in [3.05, 3.63) is 186 Å². The van der Waals surface area contributed by atoms with E-state index in [1.165, 1.54) is 0 Å². The minimum absolute atomic E-state index is 0.154. The standard InChI is InChI=1S/C61H55N7O3/c1-7-66(8-2)46-25-28-52-55(36-46)70-56-37-47(67(9-3)10-4)26-29-53(56)61(52)51-27-21-40(34-50(51)59(69)68(61)64-58-48-17-13-11-15-42(48)31-43-16-12-14-18-49(43)58)41-22-30-54-57(35-41)71-60(63-54)62-44-23-19-39-33-45(65(5)6)24-20-38(39)32-44/h11-37,64H,7-10H2,1-6H3,(H,62,63).